The largest absolute Gasteiger partial charge is 0.497 e. The first-order valence-corrected chi connectivity index (χ1v) is 10.7. The Morgan fingerprint density at radius 2 is 1.83 bits per heavy atom. The van der Waals surface area contributed by atoms with Crippen LogP contribution in [-0.2, 0) is 4.79 Å². The molecule has 2 aromatic rings. The summed E-state index contributed by atoms with van der Waals surface area (Å²) in [6.07, 6.45) is 4.23. The van der Waals surface area contributed by atoms with E-state index in [0.717, 1.165) is 24.9 Å². The van der Waals surface area contributed by atoms with E-state index in [2.05, 4.69) is 17.6 Å². The maximum Gasteiger partial charge on any atom is 0.326 e. The number of unbranched alkanes of at least 4 members (excludes halogenated alkanes) is 2. The minimum atomic E-state index is -0.267. The third-order valence-electron chi connectivity index (χ3n) is 4.59. The van der Waals surface area contributed by atoms with Gasteiger partial charge in [0.15, 0.2) is 0 Å². The number of urea groups is 1. The highest BCUT2D eigenvalue weighted by atomic mass is 35.5. The molecule has 0 aliphatic rings. The van der Waals surface area contributed by atoms with Gasteiger partial charge in [-0.1, -0.05) is 37.4 Å². The van der Waals surface area contributed by atoms with Crippen molar-refractivity contribution in [2.75, 3.05) is 30.4 Å². The van der Waals surface area contributed by atoms with Gasteiger partial charge in [-0.3, -0.25) is 9.69 Å². The van der Waals surface area contributed by atoms with Gasteiger partial charge in [-0.15, -0.1) is 0 Å². The fraction of sp³-hybridized carbons (Fsp3) is 0.391. The fourth-order valence-electron chi connectivity index (χ4n) is 2.96. The highest BCUT2D eigenvalue weighted by molar-refractivity contribution is 6.30. The van der Waals surface area contributed by atoms with Gasteiger partial charge < -0.3 is 15.4 Å². The van der Waals surface area contributed by atoms with Crippen LogP contribution < -0.4 is 20.3 Å². The van der Waals surface area contributed by atoms with E-state index < -0.39 is 0 Å². The van der Waals surface area contributed by atoms with E-state index in [4.69, 9.17) is 16.3 Å². The summed E-state index contributed by atoms with van der Waals surface area (Å²) >= 11 is 6.02. The minimum absolute atomic E-state index is 0.0582. The molecule has 0 saturated heterocycles. The van der Waals surface area contributed by atoms with E-state index >= 15 is 0 Å². The number of ether oxygens (including phenoxy) is 1. The van der Waals surface area contributed by atoms with Gasteiger partial charge in [-0.05, 0) is 55.3 Å². The normalized spacial score (nSPS) is 10.4. The van der Waals surface area contributed by atoms with Crippen molar-refractivity contribution in [1.82, 2.24) is 5.32 Å². The van der Waals surface area contributed by atoms with Gasteiger partial charge in [0.2, 0.25) is 5.91 Å². The molecule has 162 valence electrons. The zero-order chi connectivity index (χ0) is 21.8. The Kier molecular flexibility index (Phi) is 10.0. The fourth-order valence-corrected chi connectivity index (χ4v) is 3.15. The second-order valence-corrected chi connectivity index (χ2v) is 7.39. The maximum atomic E-state index is 12.9. The summed E-state index contributed by atoms with van der Waals surface area (Å²) in [6.45, 7) is 3.08. The molecule has 0 radical (unpaired) electrons. The lowest BCUT2D eigenvalue weighted by atomic mass is 10.2. The third-order valence-corrected chi connectivity index (χ3v) is 4.83. The molecule has 0 unspecified atom stereocenters. The van der Waals surface area contributed by atoms with Crippen LogP contribution in [0.25, 0.3) is 0 Å². The second kappa shape index (κ2) is 12.8. The number of hydrogen-bond donors (Lipinski definition) is 2. The standard InChI is InChI=1S/C23H30ClN3O3/c1-3-4-5-10-22(28)25-15-7-16-27(20-11-13-21(30-2)14-12-20)23(29)26-19-9-6-8-18(24)17-19/h6,8-9,11-14,17H,3-5,7,10,15-16H2,1-2H3,(H,25,28)(H,26,29). The number of anilines is 2. The molecule has 0 spiro atoms. The molecule has 2 N–H and O–H groups in total. The quantitative estimate of drug-likeness (QED) is 0.463. The van der Waals surface area contributed by atoms with Gasteiger partial charge in [0.25, 0.3) is 0 Å². The van der Waals surface area contributed by atoms with Gasteiger partial charge in [-0.2, -0.15) is 0 Å². The van der Waals surface area contributed by atoms with E-state index in [9.17, 15) is 9.59 Å². The Morgan fingerprint density at radius 1 is 1.07 bits per heavy atom. The minimum Gasteiger partial charge on any atom is -0.497 e. The van der Waals surface area contributed by atoms with E-state index in [-0.39, 0.29) is 11.9 Å². The van der Waals surface area contributed by atoms with Crippen molar-refractivity contribution in [2.24, 2.45) is 0 Å². The number of nitrogens with one attached hydrogen (secondary N) is 2. The number of carbonyl (C=O) groups excluding carboxylic acids is 2. The molecule has 0 saturated carbocycles. The molecule has 0 heterocycles. The molecule has 3 amide bonds. The first kappa shape index (κ1) is 23.5. The van der Waals surface area contributed by atoms with Crippen molar-refractivity contribution in [2.45, 2.75) is 39.0 Å². The van der Waals surface area contributed by atoms with E-state index in [1.54, 1.807) is 36.3 Å². The average molecular weight is 432 g/mol. The molecular formula is C23H30ClN3O3. The molecule has 2 aromatic carbocycles. The number of rotatable bonds is 11. The van der Waals surface area contributed by atoms with Crippen LogP contribution in [0.5, 0.6) is 5.75 Å². The van der Waals surface area contributed by atoms with E-state index in [1.807, 2.05) is 24.3 Å². The summed E-state index contributed by atoms with van der Waals surface area (Å²) in [6, 6.07) is 14.0. The van der Waals surface area contributed by atoms with Gasteiger partial charge >= 0.3 is 6.03 Å². The number of hydrogen-bond acceptors (Lipinski definition) is 3. The second-order valence-electron chi connectivity index (χ2n) is 6.95. The topological polar surface area (TPSA) is 70.7 Å². The van der Waals surface area contributed by atoms with E-state index in [1.165, 1.54) is 0 Å². The molecule has 0 fully saturated rings. The van der Waals surface area contributed by atoms with Crippen molar-refractivity contribution in [3.8, 4) is 5.75 Å². The molecule has 2 rings (SSSR count). The molecule has 6 nitrogen and oxygen atoms in total. The van der Waals surface area contributed by atoms with Crippen molar-refractivity contribution in [3.63, 3.8) is 0 Å². The van der Waals surface area contributed by atoms with Crippen LogP contribution in [-0.4, -0.2) is 32.1 Å². The Hall–Kier alpha value is -2.73. The molecule has 30 heavy (non-hydrogen) atoms. The molecule has 0 atom stereocenters. The van der Waals surface area contributed by atoms with Crippen LogP contribution in [0.15, 0.2) is 48.5 Å². The monoisotopic (exact) mass is 431 g/mol. The van der Waals surface area contributed by atoms with Crippen LogP contribution in [0.1, 0.15) is 39.0 Å². The summed E-state index contributed by atoms with van der Waals surface area (Å²) in [5, 5.41) is 6.36. The SMILES string of the molecule is CCCCCC(=O)NCCCN(C(=O)Nc1cccc(Cl)c1)c1ccc(OC)cc1. The predicted octanol–water partition coefficient (Wildman–Crippen LogP) is 5.47. The predicted molar refractivity (Wildman–Crippen MR) is 123 cm³/mol. The van der Waals surface area contributed by atoms with Gasteiger partial charge in [0.1, 0.15) is 5.75 Å². The lowest BCUT2D eigenvalue weighted by Gasteiger charge is -2.23. The van der Waals surface area contributed by atoms with Crippen LogP contribution in [0, 0.1) is 0 Å². The summed E-state index contributed by atoms with van der Waals surface area (Å²) in [5.74, 6) is 0.774. The van der Waals surface area contributed by atoms with Crippen molar-refractivity contribution in [1.29, 1.82) is 0 Å². The van der Waals surface area contributed by atoms with Crippen LogP contribution >= 0.6 is 11.6 Å². The van der Waals surface area contributed by atoms with Crippen molar-refractivity contribution in [3.05, 3.63) is 53.6 Å². The zero-order valence-electron chi connectivity index (χ0n) is 17.6. The smallest absolute Gasteiger partial charge is 0.326 e. The van der Waals surface area contributed by atoms with E-state index in [0.29, 0.717) is 42.4 Å². The number of halogens is 1. The Bertz CT molecular complexity index is 812. The Labute approximate surface area is 183 Å². The molecule has 7 heteroatoms. The zero-order valence-corrected chi connectivity index (χ0v) is 18.4. The van der Waals surface area contributed by atoms with Gasteiger partial charge in [0.05, 0.1) is 7.11 Å². The third kappa shape index (κ3) is 7.95. The van der Waals surface area contributed by atoms with Crippen molar-refractivity contribution >= 4 is 34.9 Å². The lowest BCUT2D eigenvalue weighted by Crippen LogP contribution is -2.37. The highest BCUT2D eigenvalue weighted by Crippen LogP contribution is 2.21. The summed E-state index contributed by atoms with van der Waals surface area (Å²) in [4.78, 5) is 26.5. The van der Waals surface area contributed by atoms with Gasteiger partial charge in [0, 0.05) is 35.9 Å². The maximum absolute atomic E-state index is 12.9. The van der Waals surface area contributed by atoms with Crippen LogP contribution in [0.4, 0.5) is 16.2 Å². The summed E-state index contributed by atoms with van der Waals surface area (Å²) in [7, 11) is 1.60. The molecular weight excluding hydrogens is 402 g/mol. The number of methoxy groups -OCH3 is 1. The Morgan fingerprint density at radius 3 is 2.50 bits per heavy atom. The van der Waals surface area contributed by atoms with Crippen LogP contribution in [0.2, 0.25) is 5.02 Å². The highest BCUT2D eigenvalue weighted by Gasteiger charge is 2.16. The summed E-state index contributed by atoms with van der Waals surface area (Å²) in [5.41, 5.74) is 1.36. The first-order chi connectivity index (χ1) is 14.5. The number of nitrogens with zero attached hydrogens (tertiary/aromatic N) is 1. The average Bonchev–Trinajstić information content (AvgIpc) is 2.74. The van der Waals surface area contributed by atoms with Crippen molar-refractivity contribution < 1.29 is 14.3 Å². The number of amides is 3. The Balaban J connectivity index is 1.98. The molecule has 0 aliphatic carbocycles. The summed E-state index contributed by atoms with van der Waals surface area (Å²) < 4.78 is 5.20. The molecule has 0 aliphatic heterocycles. The number of benzene rings is 2. The molecule has 0 aromatic heterocycles. The van der Waals surface area contributed by atoms with Crippen LogP contribution in [0.3, 0.4) is 0 Å². The number of carbonyl (C=O) groups is 2. The first-order valence-electron chi connectivity index (χ1n) is 10.3. The van der Waals surface area contributed by atoms with Gasteiger partial charge in [-0.25, -0.2) is 4.79 Å². The lowest BCUT2D eigenvalue weighted by molar-refractivity contribution is -0.121. The molecule has 0 bridgehead atoms.